The van der Waals surface area contributed by atoms with E-state index in [2.05, 4.69) is 26.6 Å². The monoisotopic (exact) mass is 356 g/mol. The molecule has 0 heterocycles. The molecule has 1 atom stereocenters. The molecule has 1 unspecified atom stereocenters. The summed E-state index contributed by atoms with van der Waals surface area (Å²) in [5.74, 6) is 1.12. The number of amides is 1. The van der Waals surface area contributed by atoms with Crippen LogP contribution in [0.2, 0.25) is 0 Å². The second-order valence-electron chi connectivity index (χ2n) is 5.19. The Hall–Kier alpha value is -1.11. The Morgan fingerprint density at radius 2 is 2.05 bits per heavy atom. The van der Waals surface area contributed by atoms with Crippen LogP contribution in [-0.4, -0.2) is 43.4 Å². The van der Waals surface area contributed by atoms with E-state index in [1.807, 2.05) is 24.3 Å². The molecule has 1 saturated carbocycles. The maximum Gasteiger partial charge on any atom is 0.223 e. The molecule has 1 aliphatic rings. The number of rotatable bonds is 9. The summed E-state index contributed by atoms with van der Waals surface area (Å²) in [6, 6.07) is 7.47. The largest absolute Gasteiger partial charge is 0.491 e. The van der Waals surface area contributed by atoms with Crippen molar-refractivity contribution in [2.24, 2.45) is 5.92 Å². The summed E-state index contributed by atoms with van der Waals surface area (Å²) in [5.41, 5.74) is 0. The maximum atomic E-state index is 11.4. The van der Waals surface area contributed by atoms with Crippen molar-refractivity contribution in [2.45, 2.75) is 18.9 Å². The van der Waals surface area contributed by atoms with Crippen molar-refractivity contribution in [1.82, 2.24) is 10.6 Å². The maximum absolute atomic E-state index is 11.4. The number of aliphatic hydroxyl groups excluding tert-OH is 1. The van der Waals surface area contributed by atoms with Crippen molar-refractivity contribution < 1.29 is 14.6 Å². The molecule has 21 heavy (non-hydrogen) atoms. The van der Waals surface area contributed by atoms with Crippen LogP contribution < -0.4 is 15.4 Å². The van der Waals surface area contributed by atoms with Gasteiger partial charge in [-0.1, -0.05) is 15.9 Å². The van der Waals surface area contributed by atoms with Crippen molar-refractivity contribution >= 4 is 21.8 Å². The van der Waals surface area contributed by atoms with Gasteiger partial charge < -0.3 is 20.5 Å². The smallest absolute Gasteiger partial charge is 0.223 e. The van der Waals surface area contributed by atoms with Gasteiger partial charge in [-0.3, -0.25) is 4.79 Å². The molecule has 0 aliphatic heterocycles. The molecule has 0 aromatic heterocycles. The zero-order chi connectivity index (χ0) is 15.1. The second kappa shape index (κ2) is 8.36. The standard InChI is InChI=1S/C15H21BrN2O3/c16-12-3-5-14(6-4-12)21-10-13(19)9-17-7-8-18-15(20)11-1-2-11/h3-6,11,13,17,19H,1-2,7-10H2,(H,18,20). The van der Waals surface area contributed by atoms with Crippen molar-refractivity contribution in [3.05, 3.63) is 28.7 Å². The zero-order valence-corrected chi connectivity index (χ0v) is 13.4. The van der Waals surface area contributed by atoms with Gasteiger partial charge in [-0.15, -0.1) is 0 Å². The molecule has 6 heteroatoms. The topological polar surface area (TPSA) is 70.6 Å². The number of halogens is 1. The first-order chi connectivity index (χ1) is 10.1. The Balaban J connectivity index is 1.50. The Bertz CT molecular complexity index is 449. The quantitative estimate of drug-likeness (QED) is 0.583. The van der Waals surface area contributed by atoms with Crippen LogP contribution in [0.1, 0.15) is 12.8 Å². The van der Waals surface area contributed by atoms with E-state index in [9.17, 15) is 9.90 Å². The van der Waals surface area contributed by atoms with Crippen LogP contribution in [-0.2, 0) is 4.79 Å². The molecule has 5 nitrogen and oxygen atoms in total. The number of carbonyl (C=O) groups excluding carboxylic acids is 1. The third kappa shape index (κ3) is 6.46. The van der Waals surface area contributed by atoms with E-state index in [0.717, 1.165) is 23.1 Å². The fraction of sp³-hybridized carbons (Fsp3) is 0.533. The molecule has 0 radical (unpaired) electrons. The summed E-state index contributed by atoms with van der Waals surface area (Å²) in [6.45, 7) is 1.92. The molecule has 1 fully saturated rings. The van der Waals surface area contributed by atoms with E-state index in [1.165, 1.54) is 0 Å². The number of ether oxygens (including phenoxy) is 1. The molecule has 1 aromatic carbocycles. The lowest BCUT2D eigenvalue weighted by Gasteiger charge is -2.13. The van der Waals surface area contributed by atoms with Crippen LogP contribution in [0.15, 0.2) is 28.7 Å². The van der Waals surface area contributed by atoms with E-state index >= 15 is 0 Å². The molecule has 1 aliphatic carbocycles. The van der Waals surface area contributed by atoms with Crippen molar-refractivity contribution in [3.63, 3.8) is 0 Å². The number of nitrogens with one attached hydrogen (secondary N) is 2. The van der Waals surface area contributed by atoms with Gasteiger partial charge in [0.2, 0.25) is 5.91 Å². The first kappa shape index (κ1) is 16.3. The van der Waals surface area contributed by atoms with E-state index in [4.69, 9.17) is 4.74 Å². The van der Waals surface area contributed by atoms with Gasteiger partial charge in [0.1, 0.15) is 18.5 Å². The summed E-state index contributed by atoms with van der Waals surface area (Å²) in [5, 5.41) is 15.7. The Morgan fingerprint density at radius 1 is 1.33 bits per heavy atom. The summed E-state index contributed by atoms with van der Waals surface area (Å²) in [7, 11) is 0. The fourth-order valence-electron chi connectivity index (χ4n) is 1.81. The van der Waals surface area contributed by atoms with Gasteiger partial charge in [0.25, 0.3) is 0 Å². The average Bonchev–Trinajstić information content (AvgIpc) is 3.31. The third-order valence-corrected chi connectivity index (χ3v) is 3.71. The molecule has 0 spiro atoms. The van der Waals surface area contributed by atoms with Crippen LogP contribution in [0.4, 0.5) is 0 Å². The molecular weight excluding hydrogens is 336 g/mol. The van der Waals surface area contributed by atoms with Crippen molar-refractivity contribution in [3.8, 4) is 5.75 Å². The number of hydrogen-bond acceptors (Lipinski definition) is 4. The Kier molecular flexibility index (Phi) is 6.48. The second-order valence-corrected chi connectivity index (χ2v) is 6.10. The number of carbonyl (C=O) groups is 1. The third-order valence-electron chi connectivity index (χ3n) is 3.19. The minimum Gasteiger partial charge on any atom is -0.491 e. The van der Waals surface area contributed by atoms with Crippen LogP contribution >= 0.6 is 15.9 Å². The van der Waals surface area contributed by atoms with Gasteiger partial charge in [-0.05, 0) is 37.1 Å². The van der Waals surface area contributed by atoms with Gasteiger partial charge in [-0.25, -0.2) is 0 Å². The normalized spacial score (nSPS) is 15.5. The van der Waals surface area contributed by atoms with Gasteiger partial charge >= 0.3 is 0 Å². The van der Waals surface area contributed by atoms with Crippen LogP contribution in [0.3, 0.4) is 0 Å². The molecule has 0 saturated heterocycles. The molecular formula is C15H21BrN2O3. The predicted molar refractivity (Wildman–Crippen MR) is 84.2 cm³/mol. The van der Waals surface area contributed by atoms with E-state index in [0.29, 0.717) is 19.6 Å². The van der Waals surface area contributed by atoms with Gasteiger partial charge in [0, 0.05) is 30.0 Å². The highest BCUT2D eigenvalue weighted by Gasteiger charge is 2.28. The zero-order valence-electron chi connectivity index (χ0n) is 11.8. The lowest BCUT2D eigenvalue weighted by molar-refractivity contribution is -0.122. The minimum absolute atomic E-state index is 0.149. The van der Waals surface area contributed by atoms with Crippen molar-refractivity contribution in [1.29, 1.82) is 0 Å². The van der Waals surface area contributed by atoms with E-state index in [1.54, 1.807) is 0 Å². The number of aliphatic hydroxyl groups is 1. The highest BCUT2D eigenvalue weighted by Crippen LogP contribution is 2.28. The van der Waals surface area contributed by atoms with Gasteiger partial charge in [0.15, 0.2) is 0 Å². The summed E-state index contributed by atoms with van der Waals surface area (Å²) >= 11 is 3.35. The number of hydrogen-bond donors (Lipinski definition) is 3. The molecule has 0 bridgehead atoms. The average molecular weight is 357 g/mol. The van der Waals surface area contributed by atoms with Crippen LogP contribution in [0, 0.1) is 5.92 Å². The highest BCUT2D eigenvalue weighted by atomic mass is 79.9. The Labute approximate surface area is 133 Å². The van der Waals surface area contributed by atoms with Crippen LogP contribution in [0.5, 0.6) is 5.75 Å². The van der Waals surface area contributed by atoms with Crippen LogP contribution in [0.25, 0.3) is 0 Å². The van der Waals surface area contributed by atoms with E-state index in [-0.39, 0.29) is 18.4 Å². The summed E-state index contributed by atoms with van der Waals surface area (Å²) < 4.78 is 6.47. The van der Waals surface area contributed by atoms with Gasteiger partial charge in [0.05, 0.1) is 0 Å². The molecule has 1 amide bonds. The highest BCUT2D eigenvalue weighted by molar-refractivity contribution is 9.10. The Morgan fingerprint density at radius 3 is 2.71 bits per heavy atom. The first-order valence-corrected chi connectivity index (χ1v) is 7.99. The predicted octanol–water partition coefficient (Wildman–Crippen LogP) is 1.30. The molecule has 1 aromatic rings. The lowest BCUT2D eigenvalue weighted by atomic mass is 10.3. The minimum atomic E-state index is -0.576. The molecule has 2 rings (SSSR count). The molecule has 3 N–H and O–H groups in total. The van der Waals surface area contributed by atoms with Gasteiger partial charge in [-0.2, -0.15) is 0 Å². The summed E-state index contributed by atoms with van der Waals surface area (Å²) in [4.78, 5) is 11.4. The van der Waals surface area contributed by atoms with E-state index < -0.39 is 6.10 Å². The first-order valence-electron chi connectivity index (χ1n) is 7.20. The molecule has 116 valence electrons. The SMILES string of the molecule is O=C(NCCNCC(O)COc1ccc(Br)cc1)C1CC1. The number of benzene rings is 1. The fourth-order valence-corrected chi connectivity index (χ4v) is 2.08. The summed E-state index contributed by atoms with van der Waals surface area (Å²) in [6.07, 6.45) is 1.46. The van der Waals surface area contributed by atoms with Crippen molar-refractivity contribution in [2.75, 3.05) is 26.2 Å². The lowest BCUT2D eigenvalue weighted by Crippen LogP contribution is -2.37.